The lowest BCUT2D eigenvalue weighted by Crippen LogP contribution is -2.11. The van der Waals surface area contributed by atoms with E-state index in [9.17, 15) is 0 Å². The van der Waals surface area contributed by atoms with Gasteiger partial charge in [-0.15, -0.1) is 0 Å². The van der Waals surface area contributed by atoms with Crippen molar-refractivity contribution in [3.63, 3.8) is 0 Å². The zero-order valence-electron chi connectivity index (χ0n) is 30.6. The third-order valence-corrected chi connectivity index (χ3v) is 11.3. The van der Waals surface area contributed by atoms with Crippen LogP contribution in [0.15, 0.2) is 217 Å². The highest BCUT2D eigenvalue weighted by Gasteiger charge is 2.22. The second-order valence-corrected chi connectivity index (χ2v) is 14.5. The van der Waals surface area contributed by atoms with Gasteiger partial charge >= 0.3 is 0 Å². The van der Waals surface area contributed by atoms with Crippen molar-refractivity contribution in [2.45, 2.75) is 0 Å². The Morgan fingerprint density at radius 2 is 0.875 bits per heavy atom. The van der Waals surface area contributed by atoms with Gasteiger partial charge in [0.15, 0.2) is 0 Å². The van der Waals surface area contributed by atoms with Crippen molar-refractivity contribution in [3.8, 4) is 33.4 Å². The fraction of sp³-hybridized carbons (Fsp3) is 0. The molecule has 10 aromatic carbocycles. The lowest BCUT2D eigenvalue weighted by atomic mass is 9.95. The van der Waals surface area contributed by atoms with Crippen LogP contribution in [0.3, 0.4) is 0 Å². The van der Waals surface area contributed by atoms with Crippen molar-refractivity contribution in [2.24, 2.45) is 0 Å². The quantitative estimate of drug-likeness (QED) is 0.160. The van der Waals surface area contributed by atoms with Gasteiger partial charge in [0.25, 0.3) is 0 Å². The summed E-state index contributed by atoms with van der Waals surface area (Å²) in [6, 6.07) is 76.5. The Labute approximate surface area is 325 Å². The number of hydrogen-bond donors (Lipinski definition) is 0. The van der Waals surface area contributed by atoms with Crippen LogP contribution in [-0.4, -0.2) is 0 Å². The molecule has 0 aliphatic rings. The van der Waals surface area contributed by atoms with Crippen LogP contribution in [-0.2, 0) is 0 Å². The lowest BCUT2D eigenvalue weighted by molar-refractivity contribution is 0.669. The Balaban J connectivity index is 1.11. The van der Waals surface area contributed by atoms with Crippen molar-refractivity contribution in [3.05, 3.63) is 212 Å². The molecule has 0 spiro atoms. The molecule has 0 bridgehead atoms. The van der Waals surface area contributed by atoms with Crippen molar-refractivity contribution >= 4 is 71.3 Å². The summed E-state index contributed by atoms with van der Waals surface area (Å²) in [4.78, 5) is 2.44. The van der Waals surface area contributed by atoms with E-state index in [1.165, 1.54) is 54.6 Å². The molecule has 0 aliphatic heterocycles. The summed E-state index contributed by atoms with van der Waals surface area (Å²) in [5, 5.41) is 9.52. The lowest BCUT2D eigenvalue weighted by Gasteiger charge is -2.29. The van der Waals surface area contributed by atoms with Crippen LogP contribution in [0.2, 0.25) is 0 Å². The van der Waals surface area contributed by atoms with Gasteiger partial charge in [-0.25, -0.2) is 0 Å². The Bertz CT molecular complexity index is 3230. The molecule has 2 heteroatoms. The van der Waals surface area contributed by atoms with Crippen molar-refractivity contribution < 1.29 is 4.42 Å². The molecule has 11 aromatic rings. The zero-order chi connectivity index (χ0) is 37.0. The first-order valence-electron chi connectivity index (χ1n) is 19.2. The summed E-state index contributed by atoms with van der Waals surface area (Å²) in [7, 11) is 0. The molecule has 1 heterocycles. The molecule has 0 unspecified atom stereocenters. The summed E-state index contributed by atoms with van der Waals surface area (Å²) in [6.45, 7) is 0. The fourth-order valence-electron chi connectivity index (χ4n) is 8.55. The largest absolute Gasteiger partial charge is 0.456 e. The number of fused-ring (bicyclic) bond motifs is 7. The molecular weight excluding hydrogens is 679 g/mol. The van der Waals surface area contributed by atoms with Crippen molar-refractivity contribution in [1.82, 2.24) is 0 Å². The zero-order valence-corrected chi connectivity index (χ0v) is 30.6. The topological polar surface area (TPSA) is 16.4 Å². The predicted molar refractivity (Wildman–Crippen MR) is 237 cm³/mol. The highest BCUT2D eigenvalue weighted by Crippen LogP contribution is 2.47. The third-order valence-electron chi connectivity index (χ3n) is 11.3. The van der Waals surface area contributed by atoms with Crippen LogP contribution >= 0.6 is 0 Å². The molecule has 56 heavy (non-hydrogen) atoms. The van der Waals surface area contributed by atoms with Crippen LogP contribution in [0.4, 0.5) is 17.1 Å². The minimum atomic E-state index is 0.883. The van der Waals surface area contributed by atoms with Gasteiger partial charge in [0, 0.05) is 27.4 Å². The average molecular weight is 714 g/mol. The fourth-order valence-corrected chi connectivity index (χ4v) is 8.55. The maximum atomic E-state index is 6.56. The Hall–Kier alpha value is -7.42. The van der Waals surface area contributed by atoms with Crippen molar-refractivity contribution in [2.75, 3.05) is 4.90 Å². The molecular formula is C54H35NO. The van der Waals surface area contributed by atoms with Gasteiger partial charge in [0.05, 0.1) is 11.4 Å². The number of nitrogens with zero attached hydrogens (tertiary/aromatic N) is 1. The molecule has 0 N–H and O–H groups in total. The summed E-state index contributed by atoms with van der Waals surface area (Å²) in [5.74, 6) is 0. The maximum Gasteiger partial charge on any atom is 0.136 e. The molecule has 0 atom stereocenters. The monoisotopic (exact) mass is 713 g/mol. The number of benzene rings is 10. The number of anilines is 3. The number of rotatable bonds is 6. The van der Waals surface area contributed by atoms with Crippen LogP contribution < -0.4 is 4.90 Å². The average Bonchev–Trinajstić information content (AvgIpc) is 3.64. The normalized spacial score (nSPS) is 11.6. The van der Waals surface area contributed by atoms with E-state index >= 15 is 0 Å². The Morgan fingerprint density at radius 1 is 0.304 bits per heavy atom. The molecule has 262 valence electrons. The predicted octanol–water partition coefficient (Wildman–Crippen LogP) is 15.5. The van der Waals surface area contributed by atoms with E-state index in [0.717, 1.165) is 50.1 Å². The minimum Gasteiger partial charge on any atom is -0.456 e. The first-order valence-corrected chi connectivity index (χ1v) is 19.2. The maximum absolute atomic E-state index is 6.56. The highest BCUT2D eigenvalue weighted by molar-refractivity contribution is 6.17. The van der Waals surface area contributed by atoms with E-state index in [4.69, 9.17) is 4.42 Å². The second-order valence-electron chi connectivity index (χ2n) is 14.5. The number of hydrogen-bond acceptors (Lipinski definition) is 2. The van der Waals surface area contributed by atoms with E-state index in [1.807, 2.05) is 0 Å². The second kappa shape index (κ2) is 13.2. The van der Waals surface area contributed by atoms with E-state index < -0.39 is 0 Å². The highest BCUT2D eigenvalue weighted by atomic mass is 16.3. The van der Waals surface area contributed by atoms with Crippen LogP contribution in [0.1, 0.15) is 0 Å². The molecule has 2 nitrogen and oxygen atoms in total. The third kappa shape index (κ3) is 5.34. The van der Waals surface area contributed by atoms with Gasteiger partial charge in [-0.3, -0.25) is 0 Å². The molecule has 0 fully saturated rings. The molecule has 0 saturated carbocycles. The summed E-state index contributed by atoms with van der Waals surface area (Å²) < 4.78 is 6.56. The van der Waals surface area contributed by atoms with Gasteiger partial charge in [0.1, 0.15) is 11.2 Å². The van der Waals surface area contributed by atoms with Crippen LogP contribution in [0.25, 0.3) is 87.6 Å². The molecule has 0 saturated heterocycles. The smallest absolute Gasteiger partial charge is 0.136 e. The summed E-state index contributed by atoms with van der Waals surface area (Å²) in [6.07, 6.45) is 0. The minimum absolute atomic E-state index is 0.883. The molecule has 0 amide bonds. The SMILES string of the molecule is c1ccc(-c2ccc(-c3ccc(N(c4ccccc4-c4cccc5oc6cc7ccccc7cc6c45)c4cccc5c4ccc4ccccc45)cc3)cc2)cc1. The van der Waals surface area contributed by atoms with Crippen LogP contribution in [0, 0.1) is 0 Å². The van der Waals surface area contributed by atoms with Gasteiger partial charge < -0.3 is 9.32 Å². The van der Waals surface area contributed by atoms with E-state index in [1.54, 1.807) is 0 Å². The number of furan rings is 1. The van der Waals surface area contributed by atoms with E-state index in [0.29, 0.717) is 0 Å². The van der Waals surface area contributed by atoms with Crippen LogP contribution in [0.5, 0.6) is 0 Å². The Kier molecular flexibility index (Phi) is 7.53. The van der Waals surface area contributed by atoms with Gasteiger partial charge in [0.2, 0.25) is 0 Å². The van der Waals surface area contributed by atoms with E-state index in [2.05, 4.69) is 217 Å². The van der Waals surface area contributed by atoms with Crippen molar-refractivity contribution in [1.29, 1.82) is 0 Å². The number of para-hydroxylation sites is 1. The first-order chi connectivity index (χ1) is 27.8. The summed E-state index contributed by atoms with van der Waals surface area (Å²) >= 11 is 0. The molecule has 0 aliphatic carbocycles. The van der Waals surface area contributed by atoms with Gasteiger partial charge in [-0.2, -0.15) is 0 Å². The first kappa shape index (κ1) is 32.0. The molecule has 1 aromatic heterocycles. The standard InChI is InChI=1S/C54H35NO/c1-2-12-36(13-3-1)37-24-26-38(27-25-37)39-28-31-43(32-29-39)55(51-22-10-19-45-44-17-7-6-14-40(44)30-33-47(45)51)50-21-9-8-18-46(50)48-20-11-23-52-54(48)49-34-41-15-4-5-16-42(41)35-53(49)56-52/h1-35H. The van der Waals surface area contributed by atoms with Gasteiger partial charge in [-0.05, 0) is 97.2 Å². The van der Waals surface area contributed by atoms with E-state index in [-0.39, 0.29) is 0 Å². The molecule has 0 radical (unpaired) electrons. The molecule has 11 rings (SSSR count). The Morgan fingerprint density at radius 3 is 1.66 bits per heavy atom. The van der Waals surface area contributed by atoms with Gasteiger partial charge in [-0.1, -0.05) is 170 Å². The summed E-state index contributed by atoms with van der Waals surface area (Å²) in [5.41, 5.74) is 12.1.